The van der Waals surface area contributed by atoms with E-state index in [1.165, 1.54) is 12.3 Å². The predicted octanol–water partition coefficient (Wildman–Crippen LogP) is 3.63. The van der Waals surface area contributed by atoms with E-state index in [0.717, 1.165) is 0 Å². The molecular weight excluding hydrogens is 369 g/mol. The Bertz CT molecular complexity index is 938. The quantitative estimate of drug-likeness (QED) is 0.702. The number of aromatic nitrogens is 3. The molecule has 1 amide bonds. The number of alkyl halides is 3. The molecule has 0 bridgehead atoms. The summed E-state index contributed by atoms with van der Waals surface area (Å²) in [5, 5.41) is 6.46. The number of carbonyl (C=O) groups is 1. The minimum absolute atomic E-state index is 0.201. The number of halogens is 3. The van der Waals surface area contributed by atoms with E-state index in [1.807, 2.05) is 0 Å². The molecular formula is C20H19F3N4O. The van der Waals surface area contributed by atoms with Crippen molar-refractivity contribution < 1.29 is 18.0 Å². The molecule has 1 unspecified atom stereocenters. The molecule has 1 atom stereocenters. The molecule has 0 aliphatic heterocycles. The molecule has 2 heterocycles. The van der Waals surface area contributed by atoms with Crippen molar-refractivity contribution in [3.8, 4) is 11.3 Å². The molecule has 8 heteroatoms. The number of aryl methyl sites for hydroxylation is 1. The molecule has 2 aromatic heterocycles. The van der Waals surface area contributed by atoms with Gasteiger partial charge in [0.25, 0.3) is 5.91 Å². The fourth-order valence-corrected chi connectivity index (χ4v) is 2.88. The van der Waals surface area contributed by atoms with E-state index in [2.05, 4.69) is 15.4 Å². The van der Waals surface area contributed by atoms with Crippen LogP contribution in [0.2, 0.25) is 0 Å². The van der Waals surface area contributed by atoms with E-state index in [0.29, 0.717) is 16.8 Å². The van der Waals surface area contributed by atoms with Crippen molar-refractivity contribution in [1.82, 2.24) is 20.1 Å². The number of hydrogen-bond acceptors (Lipinski definition) is 3. The minimum Gasteiger partial charge on any atom is -0.351 e. The number of pyridine rings is 1. The monoisotopic (exact) mass is 388 g/mol. The zero-order valence-electron chi connectivity index (χ0n) is 15.1. The Morgan fingerprint density at radius 1 is 1.18 bits per heavy atom. The van der Waals surface area contributed by atoms with E-state index in [-0.39, 0.29) is 12.0 Å². The highest BCUT2D eigenvalue weighted by molar-refractivity contribution is 5.99. The first-order valence-corrected chi connectivity index (χ1v) is 8.67. The molecule has 0 radical (unpaired) electrons. The Morgan fingerprint density at radius 2 is 1.93 bits per heavy atom. The lowest BCUT2D eigenvalue weighted by Crippen LogP contribution is -2.38. The van der Waals surface area contributed by atoms with Crippen LogP contribution in [-0.4, -0.2) is 33.4 Å². The van der Waals surface area contributed by atoms with Crippen molar-refractivity contribution in [3.05, 3.63) is 72.2 Å². The molecule has 0 fully saturated rings. The fourth-order valence-electron chi connectivity index (χ4n) is 2.88. The van der Waals surface area contributed by atoms with Crippen LogP contribution in [0.15, 0.2) is 61.1 Å². The van der Waals surface area contributed by atoms with Crippen LogP contribution in [0.1, 0.15) is 15.9 Å². The van der Waals surface area contributed by atoms with Gasteiger partial charge in [-0.2, -0.15) is 18.3 Å². The van der Waals surface area contributed by atoms with E-state index in [4.69, 9.17) is 0 Å². The largest absolute Gasteiger partial charge is 0.393 e. The van der Waals surface area contributed by atoms with Gasteiger partial charge in [0.15, 0.2) is 0 Å². The Hall–Kier alpha value is -3.16. The molecule has 28 heavy (non-hydrogen) atoms. The Labute approximate surface area is 160 Å². The summed E-state index contributed by atoms with van der Waals surface area (Å²) in [7, 11) is 1.73. The van der Waals surface area contributed by atoms with Crippen LogP contribution in [0.5, 0.6) is 0 Å². The first-order chi connectivity index (χ1) is 13.3. The summed E-state index contributed by atoms with van der Waals surface area (Å²) in [4.78, 5) is 16.8. The normalized spacial score (nSPS) is 12.6. The summed E-state index contributed by atoms with van der Waals surface area (Å²) < 4.78 is 41.9. The lowest BCUT2D eigenvalue weighted by molar-refractivity contribution is -0.172. The van der Waals surface area contributed by atoms with Gasteiger partial charge in [0.05, 0.1) is 23.4 Å². The smallest absolute Gasteiger partial charge is 0.351 e. The second-order valence-corrected chi connectivity index (χ2v) is 6.44. The summed E-state index contributed by atoms with van der Waals surface area (Å²) in [6, 6.07) is 11.5. The third-order valence-corrected chi connectivity index (χ3v) is 4.33. The maximum atomic E-state index is 13.4. The van der Waals surface area contributed by atoms with Crippen LogP contribution >= 0.6 is 0 Å². The number of nitrogens with one attached hydrogen (secondary N) is 1. The van der Waals surface area contributed by atoms with Crippen molar-refractivity contribution in [1.29, 1.82) is 0 Å². The molecule has 1 N–H and O–H groups in total. The summed E-state index contributed by atoms with van der Waals surface area (Å²) in [5.74, 6) is -2.29. The van der Waals surface area contributed by atoms with Crippen molar-refractivity contribution in [2.24, 2.45) is 13.0 Å². The highest BCUT2D eigenvalue weighted by Crippen LogP contribution is 2.29. The van der Waals surface area contributed by atoms with Gasteiger partial charge in [0.2, 0.25) is 0 Å². The van der Waals surface area contributed by atoms with Gasteiger partial charge in [-0.3, -0.25) is 14.5 Å². The number of amides is 1. The van der Waals surface area contributed by atoms with Gasteiger partial charge < -0.3 is 5.32 Å². The fraction of sp³-hybridized carbons (Fsp3) is 0.250. The third kappa shape index (κ3) is 4.76. The highest BCUT2D eigenvalue weighted by Gasteiger charge is 2.39. The van der Waals surface area contributed by atoms with Gasteiger partial charge in [-0.05, 0) is 24.1 Å². The van der Waals surface area contributed by atoms with Crippen LogP contribution in [0.3, 0.4) is 0 Å². The number of rotatable bonds is 6. The van der Waals surface area contributed by atoms with Gasteiger partial charge in [0, 0.05) is 31.5 Å². The SMILES string of the molecule is Cn1cc(-c2ncccc2C(=O)NCC(Cc2ccccc2)C(F)(F)F)cn1. The molecule has 0 saturated carbocycles. The topological polar surface area (TPSA) is 59.8 Å². The lowest BCUT2D eigenvalue weighted by Gasteiger charge is -2.21. The number of benzene rings is 1. The number of carbonyl (C=O) groups excluding carboxylic acids is 1. The Morgan fingerprint density at radius 3 is 2.57 bits per heavy atom. The van der Waals surface area contributed by atoms with Crippen LogP contribution < -0.4 is 5.32 Å². The summed E-state index contributed by atoms with van der Waals surface area (Å²) in [6.07, 6.45) is 0.129. The average Bonchev–Trinajstić information content (AvgIpc) is 3.11. The first kappa shape index (κ1) is 19.6. The molecule has 0 aliphatic rings. The van der Waals surface area contributed by atoms with E-state index in [1.54, 1.807) is 60.5 Å². The van der Waals surface area contributed by atoms with Gasteiger partial charge in [-0.25, -0.2) is 0 Å². The summed E-state index contributed by atoms with van der Waals surface area (Å²) >= 11 is 0. The summed E-state index contributed by atoms with van der Waals surface area (Å²) in [6.45, 7) is -0.515. The van der Waals surface area contributed by atoms with E-state index >= 15 is 0 Å². The van der Waals surface area contributed by atoms with Crippen molar-refractivity contribution in [2.75, 3.05) is 6.54 Å². The maximum absolute atomic E-state index is 13.4. The standard InChI is InChI=1S/C20H19F3N4O/c1-27-13-15(11-26-27)18-17(8-5-9-24-18)19(28)25-12-16(20(21,22)23)10-14-6-3-2-4-7-14/h2-9,11,13,16H,10,12H2,1H3,(H,25,28). The van der Waals surface area contributed by atoms with Crippen LogP contribution in [-0.2, 0) is 13.5 Å². The van der Waals surface area contributed by atoms with Crippen LogP contribution in [0.25, 0.3) is 11.3 Å². The average molecular weight is 388 g/mol. The van der Waals surface area contributed by atoms with Gasteiger partial charge in [-0.15, -0.1) is 0 Å². The molecule has 0 saturated heterocycles. The molecule has 3 rings (SSSR count). The second kappa shape index (κ2) is 8.24. The summed E-state index contributed by atoms with van der Waals surface area (Å²) in [5.41, 5.74) is 1.76. The molecule has 0 spiro atoms. The van der Waals surface area contributed by atoms with Gasteiger partial charge >= 0.3 is 6.18 Å². The third-order valence-electron chi connectivity index (χ3n) is 4.33. The molecule has 5 nitrogen and oxygen atoms in total. The predicted molar refractivity (Wildman–Crippen MR) is 98.5 cm³/mol. The Balaban J connectivity index is 1.75. The van der Waals surface area contributed by atoms with Crippen molar-refractivity contribution >= 4 is 5.91 Å². The molecule has 3 aromatic rings. The Kier molecular flexibility index (Phi) is 5.77. The zero-order chi connectivity index (χ0) is 20.1. The molecule has 146 valence electrons. The zero-order valence-corrected chi connectivity index (χ0v) is 15.1. The van der Waals surface area contributed by atoms with Gasteiger partial charge in [0.1, 0.15) is 0 Å². The number of hydrogen-bond donors (Lipinski definition) is 1. The van der Waals surface area contributed by atoms with Crippen LogP contribution in [0.4, 0.5) is 13.2 Å². The lowest BCUT2D eigenvalue weighted by atomic mass is 9.98. The number of nitrogens with zero attached hydrogens (tertiary/aromatic N) is 3. The van der Waals surface area contributed by atoms with Crippen molar-refractivity contribution in [3.63, 3.8) is 0 Å². The second-order valence-electron chi connectivity index (χ2n) is 6.44. The van der Waals surface area contributed by atoms with E-state index < -0.39 is 24.5 Å². The minimum atomic E-state index is -4.43. The molecule has 1 aromatic carbocycles. The van der Waals surface area contributed by atoms with Gasteiger partial charge in [-0.1, -0.05) is 30.3 Å². The van der Waals surface area contributed by atoms with E-state index in [9.17, 15) is 18.0 Å². The van der Waals surface area contributed by atoms with Crippen molar-refractivity contribution in [2.45, 2.75) is 12.6 Å². The highest BCUT2D eigenvalue weighted by atomic mass is 19.4. The maximum Gasteiger partial charge on any atom is 0.393 e. The molecule has 0 aliphatic carbocycles. The van der Waals surface area contributed by atoms with Crippen LogP contribution in [0, 0.1) is 5.92 Å². The first-order valence-electron chi connectivity index (χ1n) is 8.67.